The van der Waals surface area contributed by atoms with Gasteiger partial charge in [0.2, 0.25) is 5.76 Å². The zero-order valence-electron chi connectivity index (χ0n) is 16.6. The first-order chi connectivity index (χ1) is 14.8. The van der Waals surface area contributed by atoms with Gasteiger partial charge >= 0.3 is 17.8 Å². The van der Waals surface area contributed by atoms with Crippen LogP contribution in [-0.2, 0) is 9.59 Å². The summed E-state index contributed by atoms with van der Waals surface area (Å²) in [5.41, 5.74) is 4.18. The van der Waals surface area contributed by atoms with Crippen molar-refractivity contribution in [3.63, 3.8) is 0 Å². The number of para-hydroxylation sites is 1. The quantitative estimate of drug-likeness (QED) is 0.206. The lowest BCUT2D eigenvalue weighted by molar-refractivity contribution is -0.136. The van der Waals surface area contributed by atoms with Crippen molar-refractivity contribution in [2.24, 2.45) is 5.10 Å². The third-order valence-corrected chi connectivity index (χ3v) is 4.57. The Balaban J connectivity index is 1.67. The van der Waals surface area contributed by atoms with Gasteiger partial charge in [-0.1, -0.05) is 29.8 Å². The molecule has 158 valence electrons. The van der Waals surface area contributed by atoms with Gasteiger partial charge in [0, 0.05) is 16.3 Å². The molecule has 0 bridgehead atoms. The van der Waals surface area contributed by atoms with E-state index >= 15 is 0 Å². The predicted molar refractivity (Wildman–Crippen MR) is 115 cm³/mol. The Morgan fingerprint density at radius 1 is 1.03 bits per heavy atom. The van der Waals surface area contributed by atoms with Crippen LogP contribution in [0.15, 0.2) is 70.4 Å². The molecule has 0 unspecified atom stereocenters. The minimum absolute atomic E-state index is 0.0468. The molecule has 0 saturated carbocycles. The van der Waals surface area contributed by atoms with Gasteiger partial charge in [0.1, 0.15) is 5.75 Å². The molecule has 0 spiro atoms. The molecular formula is C22H18ClN3O5. The smallest absolute Gasteiger partial charge is 0.379 e. The number of ether oxygens (including phenoxy) is 1. The number of nitrogens with one attached hydrogen (secondary N) is 2. The lowest BCUT2D eigenvalue weighted by Gasteiger charge is -2.09. The van der Waals surface area contributed by atoms with Crippen LogP contribution in [0, 0.1) is 6.92 Å². The summed E-state index contributed by atoms with van der Waals surface area (Å²) in [4.78, 5) is 36.3. The van der Waals surface area contributed by atoms with Crippen molar-refractivity contribution >= 4 is 40.8 Å². The summed E-state index contributed by atoms with van der Waals surface area (Å²) in [6.45, 7) is 3.42. The summed E-state index contributed by atoms with van der Waals surface area (Å²) >= 11 is 6.02. The molecule has 1 heterocycles. The van der Waals surface area contributed by atoms with Crippen LogP contribution in [-0.4, -0.2) is 23.5 Å². The Labute approximate surface area is 182 Å². The second kappa shape index (κ2) is 9.73. The Kier molecular flexibility index (Phi) is 6.84. The lowest BCUT2D eigenvalue weighted by Crippen LogP contribution is -2.33. The van der Waals surface area contributed by atoms with Crippen LogP contribution >= 0.6 is 11.6 Å². The van der Waals surface area contributed by atoms with Gasteiger partial charge in [0.15, 0.2) is 0 Å². The van der Waals surface area contributed by atoms with Crippen molar-refractivity contribution in [2.75, 3.05) is 5.32 Å². The highest BCUT2D eigenvalue weighted by molar-refractivity contribution is 6.40. The molecule has 0 aliphatic carbocycles. The van der Waals surface area contributed by atoms with Gasteiger partial charge in [-0.15, -0.1) is 0 Å². The summed E-state index contributed by atoms with van der Waals surface area (Å²) in [6.07, 6.45) is 1.36. The van der Waals surface area contributed by atoms with Gasteiger partial charge < -0.3 is 14.5 Å². The van der Waals surface area contributed by atoms with Crippen LogP contribution in [0.1, 0.15) is 28.6 Å². The molecule has 2 aromatic carbocycles. The van der Waals surface area contributed by atoms with E-state index in [1.807, 2.05) is 6.92 Å². The number of anilines is 1. The molecule has 2 N–H and O–H groups in total. The van der Waals surface area contributed by atoms with E-state index in [0.717, 1.165) is 5.56 Å². The van der Waals surface area contributed by atoms with Crippen molar-refractivity contribution in [1.82, 2.24) is 5.43 Å². The SMILES string of the molecule is CC(=NNC(=O)C(=O)Nc1ccc(C)c(Cl)c1)c1ccccc1OC(=O)c1ccco1. The highest BCUT2D eigenvalue weighted by Crippen LogP contribution is 2.21. The summed E-state index contributed by atoms with van der Waals surface area (Å²) < 4.78 is 10.4. The largest absolute Gasteiger partial charge is 0.457 e. The number of hydrazone groups is 1. The first-order valence-electron chi connectivity index (χ1n) is 9.12. The lowest BCUT2D eigenvalue weighted by atomic mass is 10.1. The Bertz CT molecular complexity index is 1160. The molecule has 8 nitrogen and oxygen atoms in total. The maximum atomic E-state index is 12.1. The molecule has 1 aromatic heterocycles. The third kappa shape index (κ3) is 5.58. The zero-order valence-corrected chi connectivity index (χ0v) is 17.4. The molecule has 3 rings (SSSR count). The number of rotatable bonds is 5. The zero-order chi connectivity index (χ0) is 22.4. The minimum Gasteiger partial charge on any atom is -0.457 e. The molecular weight excluding hydrogens is 422 g/mol. The minimum atomic E-state index is -0.971. The van der Waals surface area contributed by atoms with Crippen LogP contribution in [0.2, 0.25) is 5.02 Å². The van der Waals surface area contributed by atoms with Crippen LogP contribution in [0.5, 0.6) is 5.75 Å². The number of aryl methyl sites for hydroxylation is 1. The fourth-order valence-electron chi connectivity index (χ4n) is 2.50. The monoisotopic (exact) mass is 439 g/mol. The fourth-order valence-corrected chi connectivity index (χ4v) is 2.68. The Morgan fingerprint density at radius 2 is 1.81 bits per heavy atom. The molecule has 0 radical (unpaired) electrons. The van der Waals surface area contributed by atoms with Crippen molar-refractivity contribution in [1.29, 1.82) is 0 Å². The molecule has 0 fully saturated rings. The van der Waals surface area contributed by atoms with E-state index in [9.17, 15) is 14.4 Å². The molecule has 31 heavy (non-hydrogen) atoms. The summed E-state index contributed by atoms with van der Waals surface area (Å²) in [6, 6.07) is 14.6. The number of carbonyl (C=O) groups excluding carboxylic acids is 3. The summed E-state index contributed by atoms with van der Waals surface area (Å²) in [5.74, 6) is -2.29. The summed E-state index contributed by atoms with van der Waals surface area (Å²) in [7, 11) is 0. The maximum absolute atomic E-state index is 12.1. The first-order valence-corrected chi connectivity index (χ1v) is 9.50. The molecule has 2 amide bonds. The van der Waals surface area contributed by atoms with Gasteiger partial charge in [0.05, 0.1) is 12.0 Å². The van der Waals surface area contributed by atoms with Crippen LogP contribution < -0.4 is 15.5 Å². The average molecular weight is 440 g/mol. The van der Waals surface area contributed by atoms with Gasteiger partial charge in [-0.05, 0) is 55.8 Å². The second-order valence-corrected chi connectivity index (χ2v) is 6.83. The van der Waals surface area contributed by atoms with Gasteiger partial charge in [-0.25, -0.2) is 10.2 Å². The molecule has 0 aliphatic rings. The van der Waals surface area contributed by atoms with E-state index in [2.05, 4.69) is 15.8 Å². The second-order valence-electron chi connectivity index (χ2n) is 6.42. The van der Waals surface area contributed by atoms with Crippen molar-refractivity contribution < 1.29 is 23.5 Å². The maximum Gasteiger partial charge on any atom is 0.379 e. The number of benzene rings is 2. The molecule has 0 saturated heterocycles. The number of halogens is 1. The van der Waals surface area contributed by atoms with Gasteiger partial charge in [0.25, 0.3) is 0 Å². The van der Waals surface area contributed by atoms with E-state index in [4.69, 9.17) is 20.8 Å². The van der Waals surface area contributed by atoms with Crippen LogP contribution in [0.25, 0.3) is 0 Å². The highest BCUT2D eigenvalue weighted by Gasteiger charge is 2.17. The van der Waals surface area contributed by atoms with E-state index in [-0.39, 0.29) is 11.5 Å². The summed E-state index contributed by atoms with van der Waals surface area (Å²) in [5, 5.41) is 6.84. The van der Waals surface area contributed by atoms with Gasteiger partial charge in [-0.2, -0.15) is 5.10 Å². The van der Waals surface area contributed by atoms with E-state index in [1.165, 1.54) is 12.3 Å². The van der Waals surface area contributed by atoms with E-state index in [1.54, 1.807) is 55.5 Å². The number of carbonyl (C=O) groups is 3. The van der Waals surface area contributed by atoms with Crippen molar-refractivity contribution in [3.8, 4) is 5.75 Å². The molecule has 9 heteroatoms. The molecule has 3 aromatic rings. The van der Waals surface area contributed by atoms with Crippen LogP contribution in [0.4, 0.5) is 5.69 Å². The van der Waals surface area contributed by atoms with E-state index in [0.29, 0.717) is 22.0 Å². The number of hydrogen-bond acceptors (Lipinski definition) is 6. The highest BCUT2D eigenvalue weighted by atomic mass is 35.5. The fraction of sp³-hybridized carbons (Fsp3) is 0.0909. The predicted octanol–water partition coefficient (Wildman–Crippen LogP) is 3.94. The number of hydrogen-bond donors (Lipinski definition) is 2. The van der Waals surface area contributed by atoms with Gasteiger partial charge in [-0.3, -0.25) is 9.59 Å². The standard InChI is InChI=1S/C22H18ClN3O5/c1-13-9-10-15(12-17(13)23)24-20(27)21(28)26-25-14(2)16-6-3-4-7-18(16)31-22(29)19-8-5-11-30-19/h3-12H,1-2H3,(H,24,27)(H,26,28). The number of nitrogens with zero attached hydrogens (tertiary/aromatic N) is 1. The molecule has 0 atom stereocenters. The Morgan fingerprint density at radius 3 is 2.52 bits per heavy atom. The number of amides is 2. The first kappa shape index (κ1) is 21.8. The van der Waals surface area contributed by atoms with Crippen LogP contribution in [0.3, 0.4) is 0 Å². The normalized spacial score (nSPS) is 11.0. The molecule has 0 aliphatic heterocycles. The number of furan rings is 1. The third-order valence-electron chi connectivity index (χ3n) is 4.16. The van der Waals surface area contributed by atoms with Crippen molar-refractivity contribution in [2.45, 2.75) is 13.8 Å². The van der Waals surface area contributed by atoms with E-state index < -0.39 is 17.8 Å². The number of esters is 1. The Hall–Kier alpha value is -3.91. The average Bonchev–Trinajstić information content (AvgIpc) is 3.30. The topological polar surface area (TPSA) is 110 Å². The van der Waals surface area contributed by atoms with Crippen molar-refractivity contribution in [3.05, 3.63) is 82.8 Å².